The Hall–Kier alpha value is -2.51. The number of carbonyl (C=O) groups excluding carboxylic acids is 1. The number of hydrogen-bond acceptors (Lipinski definition) is 6. The quantitative estimate of drug-likeness (QED) is 0.434. The lowest BCUT2D eigenvalue weighted by atomic mass is 10.2. The summed E-state index contributed by atoms with van der Waals surface area (Å²) in [6, 6.07) is 15.0. The first kappa shape index (κ1) is 19.3. The van der Waals surface area contributed by atoms with Gasteiger partial charge in [0.1, 0.15) is 5.75 Å². The van der Waals surface area contributed by atoms with Crippen molar-refractivity contribution in [3.63, 3.8) is 0 Å². The fourth-order valence-electron chi connectivity index (χ4n) is 2.45. The number of carbonyl (C=O) groups is 1. The molecule has 3 rings (SSSR count). The van der Waals surface area contributed by atoms with Crippen LogP contribution in [0.5, 0.6) is 5.75 Å². The lowest BCUT2D eigenvalue weighted by molar-refractivity contribution is -0.137. The van der Waals surface area contributed by atoms with Crippen LogP contribution in [0, 0.1) is 0 Å². The largest absolute Gasteiger partial charge is 0.494 e. The second-order valence-corrected chi connectivity index (χ2v) is 6.82. The van der Waals surface area contributed by atoms with Gasteiger partial charge in [-0.25, -0.2) is 0 Å². The molecule has 0 saturated carbocycles. The Labute approximate surface area is 166 Å². The van der Waals surface area contributed by atoms with Crippen LogP contribution >= 0.6 is 23.4 Å². The van der Waals surface area contributed by atoms with Gasteiger partial charge in [0.05, 0.1) is 19.5 Å². The highest BCUT2D eigenvalue weighted by Crippen LogP contribution is 2.30. The van der Waals surface area contributed by atoms with E-state index in [0.717, 1.165) is 17.0 Å². The van der Waals surface area contributed by atoms with E-state index in [0.29, 0.717) is 22.6 Å². The van der Waals surface area contributed by atoms with Gasteiger partial charge in [0.15, 0.2) is 11.0 Å². The lowest BCUT2D eigenvalue weighted by Gasteiger charge is -2.11. The van der Waals surface area contributed by atoms with Crippen molar-refractivity contribution in [1.82, 2.24) is 14.8 Å². The Kier molecular flexibility index (Phi) is 6.36. The molecule has 0 radical (unpaired) electrons. The molecule has 0 saturated heterocycles. The highest BCUT2D eigenvalue weighted by Gasteiger charge is 2.17. The van der Waals surface area contributed by atoms with Crippen molar-refractivity contribution in [2.75, 3.05) is 19.5 Å². The summed E-state index contributed by atoms with van der Waals surface area (Å²) < 4.78 is 12.1. The minimum absolute atomic E-state index is 0.140. The van der Waals surface area contributed by atoms with Gasteiger partial charge >= 0.3 is 5.97 Å². The molecule has 0 unspecified atom stereocenters. The Morgan fingerprint density at radius 3 is 2.63 bits per heavy atom. The van der Waals surface area contributed by atoms with E-state index in [2.05, 4.69) is 10.2 Å². The van der Waals surface area contributed by atoms with Crippen LogP contribution in [-0.4, -0.2) is 40.2 Å². The number of ether oxygens (including phenoxy) is 2. The van der Waals surface area contributed by atoms with E-state index < -0.39 is 0 Å². The topological polar surface area (TPSA) is 66.2 Å². The maximum atomic E-state index is 11.5. The van der Waals surface area contributed by atoms with E-state index in [4.69, 9.17) is 21.1 Å². The maximum Gasteiger partial charge on any atom is 0.316 e. The van der Waals surface area contributed by atoms with Gasteiger partial charge in [-0.15, -0.1) is 10.2 Å². The Morgan fingerprint density at radius 2 is 1.96 bits per heavy atom. The molecular formula is C19H18ClN3O3S. The molecule has 0 aliphatic heterocycles. The first-order valence-electron chi connectivity index (χ1n) is 8.26. The summed E-state index contributed by atoms with van der Waals surface area (Å²) in [5.74, 6) is 1.23. The van der Waals surface area contributed by atoms with E-state index in [1.807, 2.05) is 54.0 Å². The highest BCUT2D eigenvalue weighted by molar-refractivity contribution is 7.99. The van der Waals surface area contributed by atoms with Crippen LogP contribution in [0.25, 0.3) is 17.1 Å². The van der Waals surface area contributed by atoms with Crippen LogP contribution in [0.2, 0.25) is 5.02 Å². The zero-order chi connectivity index (χ0) is 19.2. The molecular weight excluding hydrogens is 386 g/mol. The predicted octanol–water partition coefficient (Wildman–Crippen LogP) is 4.25. The summed E-state index contributed by atoms with van der Waals surface area (Å²) in [5.41, 5.74) is 1.68. The third kappa shape index (κ3) is 4.61. The molecule has 0 atom stereocenters. The van der Waals surface area contributed by atoms with Crippen LogP contribution in [0.1, 0.15) is 6.92 Å². The molecule has 27 heavy (non-hydrogen) atoms. The molecule has 6 nitrogen and oxygen atoms in total. The van der Waals surface area contributed by atoms with E-state index in [-0.39, 0.29) is 11.7 Å². The average Bonchev–Trinajstić information content (AvgIpc) is 3.11. The normalized spacial score (nSPS) is 10.6. The molecule has 0 fully saturated rings. The highest BCUT2D eigenvalue weighted by atomic mass is 35.5. The van der Waals surface area contributed by atoms with Crippen LogP contribution in [0.3, 0.4) is 0 Å². The number of hydrogen-bond donors (Lipinski definition) is 0. The standard InChI is InChI=1S/C19H18ClN3O3S/c1-3-26-16-9-7-15(8-10-16)23-18(13-5-4-6-14(20)11-13)21-22-19(23)27-12-17(24)25-2/h4-11H,3,12H2,1-2H3. The van der Waals surface area contributed by atoms with Crippen LogP contribution in [0.4, 0.5) is 0 Å². The summed E-state index contributed by atoms with van der Waals surface area (Å²) in [6.07, 6.45) is 0. The third-order valence-corrected chi connectivity index (χ3v) is 4.81. The number of aromatic nitrogens is 3. The molecule has 0 N–H and O–H groups in total. The number of nitrogens with zero attached hydrogens (tertiary/aromatic N) is 3. The van der Waals surface area contributed by atoms with E-state index in [1.165, 1.54) is 18.9 Å². The number of rotatable bonds is 7. The average molecular weight is 404 g/mol. The zero-order valence-electron chi connectivity index (χ0n) is 14.9. The van der Waals surface area contributed by atoms with Crippen molar-refractivity contribution in [3.05, 3.63) is 53.6 Å². The number of thioether (sulfide) groups is 1. The third-order valence-electron chi connectivity index (χ3n) is 3.67. The van der Waals surface area contributed by atoms with Gasteiger partial charge in [0.25, 0.3) is 0 Å². The number of benzene rings is 2. The lowest BCUT2D eigenvalue weighted by Crippen LogP contribution is -2.05. The molecule has 1 heterocycles. The van der Waals surface area contributed by atoms with Gasteiger partial charge < -0.3 is 9.47 Å². The SMILES string of the molecule is CCOc1ccc(-n2c(SCC(=O)OC)nnc2-c2cccc(Cl)c2)cc1. The molecule has 8 heteroatoms. The maximum absolute atomic E-state index is 11.5. The Bertz CT molecular complexity index is 928. The first-order valence-corrected chi connectivity index (χ1v) is 9.63. The summed E-state index contributed by atoms with van der Waals surface area (Å²) in [5, 5.41) is 9.77. The van der Waals surface area contributed by atoms with Crippen LogP contribution in [-0.2, 0) is 9.53 Å². The fraction of sp³-hybridized carbons (Fsp3) is 0.211. The molecule has 3 aromatic rings. The van der Waals surface area contributed by atoms with E-state index in [9.17, 15) is 4.79 Å². The van der Waals surface area contributed by atoms with Gasteiger partial charge in [-0.2, -0.15) is 0 Å². The summed E-state index contributed by atoms with van der Waals surface area (Å²) in [6.45, 7) is 2.53. The van der Waals surface area contributed by atoms with Gasteiger partial charge in [0, 0.05) is 16.3 Å². The molecule has 0 amide bonds. The number of methoxy groups -OCH3 is 1. The van der Waals surface area contributed by atoms with Crippen molar-refractivity contribution in [2.45, 2.75) is 12.1 Å². The molecule has 2 aromatic carbocycles. The Morgan fingerprint density at radius 1 is 1.19 bits per heavy atom. The molecule has 0 spiro atoms. The summed E-state index contributed by atoms with van der Waals surface area (Å²) in [7, 11) is 1.36. The Balaban J connectivity index is 2.03. The van der Waals surface area contributed by atoms with Crippen molar-refractivity contribution in [2.24, 2.45) is 0 Å². The van der Waals surface area contributed by atoms with Crippen molar-refractivity contribution in [1.29, 1.82) is 0 Å². The minimum atomic E-state index is -0.328. The summed E-state index contributed by atoms with van der Waals surface area (Å²) >= 11 is 7.40. The van der Waals surface area contributed by atoms with E-state index in [1.54, 1.807) is 6.07 Å². The van der Waals surface area contributed by atoms with Crippen LogP contribution in [0.15, 0.2) is 53.7 Å². The molecule has 0 bridgehead atoms. The molecule has 1 aromatic heterocycles. The minimum Gasteiger partial charge on any atom is -0.494 e. The second-order valence-electron chi connectivity index (χ2n) is 5.44. The van der Waals surface area contributed by atoms with Gasteiger partial charge in [0.2, 0.25) is 0 Å². The van der Waals surface area contributed by atoms with Crippen molar-refractivity contribution >= 4 is 29.3 Å². The smallest absolute Gasteiger partial charge is 0.316 e. The fourth-order valence-corrected chi connectivity index (χ4v) is 3.43. The molecule has 0 aliphatic carbocycles. The predicted molar refractivity (Wildman–Crippen MR) is 106 cm³/mol. The van der Waals surface area contributed by atoms with Gasteiger partial charge in [-0.3, -0.25) is 9.36 Å². The number of halogens is 1. The van der Waals surface area contributed by atoms with Gasteiger partial charge in [-0.05, 0) is 43.3 Å². The van der Waals surface area contributed by atoms with Crippen molar-refractivity contribution < 1.29 is 14.3 Å². The zero-order valence-corrected chi connectivity index (χ0v) is 16.5. The first-order chi connectivity index (χ1) is 13.1. The summed E-state index contributed by atoms with van der Waals surface area (Å²) in [4.78, 5) is 11.5. The molecule has 140 valence electrons. The van der Waals surface area contributed by atoms with E-state index >= 15 is 0 Å². The second kappa shape index (κ2) is 8.92. The number of esters is 1. The van der Waals surface area contributed by atoms with Crippen LogP contribution < -0.4 is 4.74 Å². The van der Waals surface area contributed by atoms with Gasteiger partial charge in [-0.1, -0.05) is 35.5 Å². The monoisotopic (exact) mass is 403 g/mol. The van der Waals surface area contributed by atoms with Crippen molar-refractivity contribution in [3.8, 4) is 22.8 Å². The molecule has 0 aliphatic rings.